The van der Waals surface area contributed by atoms with Gasteiger partial charge in [0.15, 0.2) is 0 Å². The fourth-order valence-electron chi connectivity index (χ4n) is 1.41. The normalized spacial score (nSPS) is 25.3. The van der Waals surface area contributed by atoms with Gasteiger partial charge >= 0.3 is 0 Å². The smallest absolute Gasteiger partial charge is 0.0124 e. The summed E-state index contributed by atoms with van der Waals surface area (Å²) in [5.41, 5.74) is 4.64. The van der Waals surface area contributed by atoms with Crippen LogP contribution in [0.15, 0.2) is 17.9 Å². The second-order valence-corrected chi connectivity index (χ2v) is 3.18. The molecule has 0 aliphatic heterocycles. The molecule has 0 aromatic heterocycles. The van der Waals surface area contributed by atoms with Gasteiger partial charge in [-0.25, -0.2) is 0 Å². The summed E-state index contributed by atoms with van der Waals surface area (Å²) in [6, 6.07) is 0. The zero-order valence-electron chi connectivity index (χ0n) is 5.69. The van der Waals surface area contributed by atoms with Crippen molar-refractivity contribution in [2.45, 2.75) is 25.7 Å². The lowest BCUT2D eigenvalue weighted by molar-refractivity contribution is 0.861. The summed E-state index contributed by atoms with van der Waals surface area (Å²) in [6.07, 6.45) is 5.64. The molecule has 48 valence electrons. The molecule has 2 aliphatic rings. The Balaban J connectivity index is 2.09. The molecule has 2 fully saturated rings. The lowest BCUT2D eigenvalue weighted by atomic mass is 10.1. The van der Waals surface area contributed by atoms with Crippen molar-refractivity contribution in [2.75, 3.05) is 0 Å². The van der Waals surface area contributed by atoms with E-state index in [-0.39, 0.29) is 0 Å². The molecule has 0 atom stereocenters. The van der Waals surface area contributed by atoms with Gasteiger partial charge < -0.3 is 0 Å². The van der Waals surface area contributed by atoms with Gasteiger partial charge in [0.2, 0.25) is 0 Å². The first kappa shape index (κ1) is 5.32. The first-order valence-electron chi connectivity index (χ1n) is 3.81. The average Bonchev–Trinajstić information content (AvgIpc) is 2.61. The third kappa shape index (κ3) is 0.951. The Bertz CT molecular complexity index is 150. The molecule has 0 aromatic carbocycles. The van der Waals surface area contributed by atoms with Crippen molar-refractivity contribution in [1.29, 1.82) is 0 Å². The zero-order chi connectivity index (χ0) is 6.27. The van der Waals surface area contributed by atoms with E-state index in [0.717, 1.165) is 11.8 Å². The highest BCUT2D eigenvalue weighted by Crippen LogP contribution is 2.47. The summed E-state index contributed by atoms with van der Waals surface area (Å²) in [5, 5.41) is 0. The van der Waals surface area contributed by atoms with Crippen LogP contribution in [0.3, 0.4) is 0 Å². The second-order valence-electron chi connectivity index (χ2n) is 3.18. The first-order chi connectivity index (χ1) is 4.42. The number of rotatable bonds is 2. The van der Waals surface area contributed by atoms with Crippen LogP contribution in [0.4, 0.5) is 0 Å². The maximum atomic E-state index is 3.72. The lowest BCUT2D eigenvalue weighted by Gasteiger charge is -1.95. The molecule has 0 N–H and O–H groups in total. The highest BCUT2D eigenvalue weighted by atomic mass is 14.4. The topological polar surface area (TPSA) is 0 Å². The predicted molar refractivity (Wildman–Crippen MR) is 38.1 cm³/mol. The Kier molecular flexibility index (Phi) is 1.03. The van der Waals surface area contributed by atoms with Crippen LogP contribution in [-0.2, 0) is 0 Å². The molecule has 0 nitrogen and oxygen atoms in total. The first-order valence-corrected chi connectivity index (χ1v) is 3.81. The highest BCUT2D eigenvalue weighted by Gasteiger charge is 2.35. The molecule has 2 rings (SSSR count). The van der Waals surface area contributed by atoms with Gasteiger partial charge in [-0.2, -0.15) is 0 Å². The minimum absolute atomic E-state index is 0.912. The molecule has 0 radical (unpaired) electrons. The quantitative estimate of drug-likeness (QED) is 0.491. The molecule has 2 aliphatic carbocycles. The predicted octanol–water partition coefficient (Wildman–Crippen LogP) is 2.52. The molecular weight excluding hydrogens is 108 g/mol. The zero-order valence-corrected chi connectivity index (χ0v) is 5.69. The van der Waals surface area contributed by atoms with Crippen molar-refractivity contribution >= 4 is 0 Å². The molecule has 0 heterocycles. The maximum absolute atomic E-state index is 3.72. The summed E-state index contributed by atoms with van der Waals surface area (Å²) in [4.78, 5) is 0. The van der Waals surface area contributed by atoms with Crippen molar-refractivity contribution in [3.05, 3.63) is 17.9 Å². The fourth-order valence-corrected chi connectivity index (χ4v) is 1.41. The van der Waals surface area contributed by atoms with E-state index in [1.165, 1.54) is 25.7 Å². The van der Waals surface area contributed by atoms with Gasteiger partial charge in [0.05, 0.1) is 0 Å². The van der Waals surface area contributed by atoms with Crippen LogP contribution in [0, 0.1) is 11.8 Å². The van der Waals surface area contributed by atoms with Gasteiger partial charge in [0.25, 0.3) is 0 Å². The molecule has 0 aromatic rings. The summed E-state index contributed by atoms with van der Waals surface area (Å²) < 4.78 is 0. The Morgan fingerprint density at radius 1 is 1.11 bits per heavy atom. The minimum atomic E-state index is 0.912. The van der Waals surface area contributed by atoms with Crippen LogP contribution < -0.4 is 0 Å². The van der Waals surface area contributed by atoms with Crippen LogP contribution in [0.1, 0.15) is 25.7 Å². The number of hydrogen-bond donors (Lipinski definition) is 0. The standard InChI is InChI=1S/C9H12/c1-2-9(7-3-4-7)8-5-6-8/h7-8H,1,3-6H2. The number of hydrogen-bond acceptors (Lipinski definition) is 0. The van der Waals surface area contributed by atoms with E-state index < -0.39 is 0 Å². The van der Waals surface area contributed by atoms with Gasteiger partial charge in [0, 0.05) is 0 Å². The molecule has 0 spiro atoms. The van der Waals surface area contributed by atoms with Crippen LogP contribution in [0.2, 0.25) is 0 Å². The Morgan fingerprint density at radius 3 is 1.78 bits per heavy atom. The van der Waals surface area contributed by atoms with Gasteiger partial charge in [-0.15, -0.1) is 5.73 Å². The largest absolute Gasteiger partial charge is 0.129 e. The monoisotopic (exact) mass is 120 g/mol. The molecule has 2 saturated carbocycles. The van der Waals surface area contributed by atoms with Crippen molar-refractivity contribution < 1.29 is 0 Å². The molecular formula is C9H12. The SMILES string of the molecule is C=C=C(C1CC1)C1CC1. The Labute approximate surface area is 56.3 Å². The van der Waals surface area contributed by atoms with E-state index >= 15 is 0 Å². The van der Waals surface area contributed by atoms with Gasteiger partial charge in [0.1, 0.15) is 0 Å². The minimum Gasteiger partial charge on any atom is -0.129 e. The Hall–Kier alpha value is -0.480. The number of allylic oxidation sites excluding steroid dienone is 1. The van der Waals surface area contributed by atoms with E-state index in [2.05, 4.69) is 12.3 Å². The molecule has 0 bridgehead atoms. The van der Waals surface area contributed by atoms with E-state index in [0.29, 0.717) is 0 Å². The van der Waals surface area contributed by atoms with E-state index in [4.69, 9.17) is 0 Å². The van der Waals surface area contributed by atoms with Crippen molar-refractivity contribution in [3.8, 4) is 0 Å². The summed E-state index contributed by atoms with van der Waals surface area (Å²) in [6.45, 7) is 3.72. The van der Waals surface area contributed by atoms with Gasteiger partial charge in [-0.05, 0) is 43.1 Å². The van der Waals surface area contributed by atoms with Crippen LogP contribution >= 0.6 is 0 Å². The fraction of sp³-hybridized carbons (Fsp3) is 0.667. The van der Waals surface area contributed by atoms with Gasteiger partial charge in [-0.3, -0.25) is 0 Å². The summed E-state index contributed by atoms with van der Waals surface area (Å²) in [7, 11) is 0. The van der Waals surface area contributed by atoms with E-state index in [1.807, 2.05) is 0 Å². The maximum Gasteiger partial charge on any atom is -0.0124 e. The van der Waals surface area contributed by atoms with E-state index in [9.17, 15) is 0 Å². The van der Waals surface area contributed by atoms with E-state index in [1.54, 1.807) is 5.57 Å². The van der Waals surface area contributed by atoms with Crippen LogP contribution in [-0.4, -0.2) is 0 Å². The van der Waals surface area contributed by atoms with Crippen molar-refractivity contribution in [2.24, 2.45) is 11.8 Å². The van der Waals surface area contributed by atoms with Gasteiger partial charge in [-0.1, -0.05) is 6.58 Å². The molecule has 9 heavy (non-hydrogen) atoms. The van der Waals surface area contributed by atoms with Crippen LogP contribution in [0.5, 0.6) is 0 Å². The Morgan fingerprint density at radius 2 is 1.56 bits per heavy atom. The highest BCUT2D eigenvalue weighted by molar-refractivity contribution is 5.18. The second kappa shape index (κ2) is 1.75. The van der Waals surface area contributed by atoms with Crippen molar-refractivity contribution in [3.63, 3.8) is 0 Å². The third-order valence-electron chi connectivity index (χ3n) is 2.24. The van der Waals surface area contributed by atoms with Crippen molar-refractivity contribution in [1.82, 2.24) is 0 Å². The summed E-state index contributed by atoms with van der Waals surface area (Å²) >= 11 is 0. The third-order valence-corrected chi connectivity index (χ3v) is 2.24. The molecule has 0 heteroatoms. The molecule has 0 amide bonds. The summed E-state index contributed by atoms with van der Waals surface area (Å²) in [5.74, 6) is 1.82. The average molecular weight is 120 g/mol. The molecule has 0 unspecified atom stereocenters. The molecule has 0 saturated heterocycles. The lowest BCUT2D eigenvalue weighted by Crippen LogP contribution is -1.84. The van der Waals surface area contributed by atoms with Crippen LogP contribution in [0.25, 0.3) is 0 Å².